The van der Waals surface area contributed by atoms with Crippen molar-refractivity contribution in [1.29, 1.82) is 0 Å². The molecule has 26 heavy (non-hydrogen) atoms. The molecule has 3 rings (SSSR count). The Balaban J connectivity index is 1.65. The van der Waals surface area contributed by atoms with E-state index in [1.54, 1.807) is 13.2 Å². The average Bonchev–Trinajstić information content (AvgIpc) is 2.66. The SMILES string of the molecule is COc1ccc(CCC(C)NC(=O)c2cc(Cl)nc3ccccc23)cc1. The standard InChI is InChI=1S/C21H21ClN2O2/c1-14(7-8-15-9-11-16(26-2)12-10-15)23-21(25)18-13-20(22)24-19-6-4-3-5-17(18)19/h3-6,9-14H,7-8H2,1-2H3,(H,23,25). The summed E-state index contributed by atoms with van der Waals surface area (Å²) in [7, 11) is 1.65. The molecule has 1 heterocycles. The number of nitrogens with zero attached hydrogens (tertiary/aromatic N) is 1. The Morgan fingerprint density at radius 3 is 2.65 bits per heavy atom. The monoisotopic (exact) mass is 368 g/mol. The van der Waals surface area contributed by atoms with E-state index in [1.165, 1.54) is 5.56 Å². The molecule has 0 aliphatic heterocycles. The van der Waals surface area contributed by atoms with Crippen LogP contribution in [-0.4, -0.2) is 24.0 Å². The summed E-state index contributed by atoms with van der Waals surface area (Å²) in [5.74, 6) is 0.712. The molecule has 1 unspecified atom stereocenters. The van der Waals surface area contributed by atoms with Gasteiger partial charge in [0, 0.05) is 11.4 Å². The normalized spacial score (nSPS) is 12.0. The van der Waals surface area contributed by atoms with Gasteiger partial charge in [-0.25, -0.2) is 4.98 Å². The Kier molecular flexibility index (Phi) is 5.74. The molecule has 1 amide bonds. The topological polar surface area (TPSA) is 51.2 Å². The average molecular weight is 369 g/mol. The minimum absolute atomic E-state index is 0.0373. The van der Waals surface area contributed by atoms with E-state index in [9.17, 15) is 4.79 Å². The first kappa shape index (κ1) is 18.2. The second-order valence-corrected chi connectivity index (χ2v) is 6.66. The maximum atomic E-state index is 12.7. The van der Waals surface area contributed by atoms with E-state index in [4.69, 9.17) is 16.3 Å². The van der Waals surface area contributed by atoms with Crippen molar-refractivity contribution in [2.24, 2.45) is 0 Å². The third-order valence-electron chi connectivity index (χ3n) is 4.33. The molecule has 0 bridgehead atoms. The van der Waals surface area contributed by atoms with E-state index in [0.29, 0.717) is 10.7 Å². The van der Waals surface area contributed by atoms with Crippen molar-refractivity contribution in [1.82, 2.24) is 10.3 Å². The fourth-order valence-electron chi connectivity index (χ4n) is 2.88. The van der Waals surface area contributed by atoms with Crippen LogP contribution in [0, 0.1) is 0 Å². The zero-order chi connectivity index (χ0) is 18.5. The molecule has 0 aliphatic rings. The number of methoxy groups -OCH3 is 1. The fraction of sp³-hybridized carbons (Fsp3) is 0.238. The van der Waals surface area contributed by atoms with E-state index in [1.807, 2.05) is 55.5 Å². The number of ether oxygens (including phenoxy) is 1. The predicted molar refractivity (Wildman–Crippen MR) is 105 cm³/mol. The molecule has 1 aromatic heterocycles. The number of aromatic nitrogens is 1. The molecule has 0 spiro atoms. The number of amides is 1. The van der Waals surface area contributed by atoms with E-state index >= 15 is 0 Å². The maximum absolute atomic E-state index is 12.7. The van der Waals surface area contributed by atoms with Crippen LogP contribution in [0.15, 0.2) is 54.6 Å². The molecule has 0 radical (unpaired) electrons. The second kappa shape index (κ2) is 8.19. The summed E-state index contributed by atoms with van der Waals surface area (Å²) >= 11 is 6.07. The van der Waals surface area contributed by atoms with Gasteiger partial charge in [-0.2, -0.15) is 0 Å². The number of carbonyl (C=O) groups is 1. The lowest BCUT2D eigenvalue weighted by molar-refractivity contribution is 0.0940. The van der Waals surface area contributed by atoms with Gasteiger partial charge in [-0.1, -0.05) is 41.9 Å². The smallest absolute Gasteiger partial charge is 0.252 e. The van der Waals surface area contributed by atoms with Crippen molar-refractivity contribution in [3.05, 3.63) is 70.9 Å². The number of hydrogen-bond donors (Lipinski definition) is 1. The largest absolute Gasteiger partial charge is 0.497 e. The summed E-state index contributed by atoms with van der Waals surface area (Å²) in [6, 6.07) is 17.2. The minimum atomic E-state index is -0.132. The van der Waals surface area contributed by atoms with E-state index < -0.39 is 0 Å². The molecule has 2 aromatic carbocycles. The molecule has 3 aromatic rings. The molecule has 0 saturated heterocycles. The highest BCUT2D eigenvalue weighted by Gasteiger charge is 2.14. The minimum Gasteiger partial charge on any atom is -0.497 e. The molecule has 0 fully saturated rings. The Morgan fingerprint density at radius 1 is 1.19 bits per heavy atom. The first-order chi connectivity index (χ1) is 12.6. The lowest BCUT2D eigenvalue weighted by Crippen LogP contribution is -2.33. The predicted octanol–water partition coefficient (Wildman–Crippen LogP) is 4.65. The summed E-state index contributed by atoms with van der Waals surface area (Å²) in [5, 5.41) is 4.18. The summed E-state index contributed by atoms with van der Waals surface area (Å²) in [6.07, 6.45) is 1.72. The third kappa shape index (κ3) is 4.33. The Morgan fingerprint density at radius 2 is 1.92 bits per heavy atom. The summed E-state index contributed by atoms with van der Waals surface area (Å²) in [5.41, 5.74) is 2.48. The van der Waals surface area contributed by atoms with E-state index in [0.717, 1.165) is 29.5 Å². The van der Waals surface area contributed by atoms with Crippen LogP contribution < -0.4 is 10.1 Å². The first-order valence-electron chi connectivity index (χ1n) is 8.56. The Labute approximate surface area is 158 Å². The summed E-state index contributed by atoms with van der Waals surface area (Å²) in [6.45, 7) is 2.01. The molecule has 0 aliphatic carbocycles. The van der Waals surface area contributed by atoms with Crippen molar-refractivity contribution in [2.75, 3.05) is 7.11 Å². The highest BCUT2D eigenvalue weighted by atomic mass is 35.5. The highest BCUT2D eigenvalue weighted by molar-refractivity contribution is 6.30. The van der Waals surface area contributed by atoms with Gasteiger partial charge >= 0.3 is 0 Å². The molecule has 5 heteroatoms. The van der Waals surface area contributed by atoms with Crippen molar-refractivity contribution < 1.29 is 9.53 Å². The highest BCUT2D eigenvalue weighted by Crippen LogP contribution is 2.21. The van der Waals surface area contributed by atoms with Crippen LogP contribution >= 0.6 is 11.6 Å². The van der Waals surface area contributed by atoms with Gasteiger partial charge < -0.3 is 10.1 Å². The van der Waals surface area contributed by atoms with Crippen molar-refractivity contribution >= 4 is 28.4 Å². The molecule has 1 atom stereocenters. The van der Waals surface area contributed by atoms with Gasteiger partial charge in [-0.15, -0.1) is 0 Å². The second-order valence-electron chi connectivity index (χ2n) is 6.27. The van der Waals surface area contributed by atoms with Crippen LogP contribution in [-0.2, 0) is 6.42 Å². The molecule has 0 saturated carbocycles. The van der Waals surface area contributed by atoms with Crippen LogP contribution in [0.25, 0.3) is 10.9 Å². The number of carbonyl (C=O) groups excluding carboxylic acids is 1. The zero-order valence-corrected chi connectivity index (χ0v) is 15.6. The van der Waals surface area contributed by atoms with Gasteiger partial charge in [0.05, 0.1) is 18.2 Å². The zero-order valence-electron chi connectivity index (χ0n) is 14.8. The number of pyridine rings is 1. The molecular weight excluding hydrogens is 348 g/mol. The quantitative estimate of drug-likeness (QED) is 0.644. The van der Waals surface area contributed by atoms with Gasteiger partial charge in [0.15, 0.2) is 0 Å². The van der Waals surface area contributed by atoms with Crippen molar-refractivity contribution in [3.8, 4) is 5.75 Å². The van der Waals surface area contributed by atoms with E-state index in [-0.39, 0.29) is 11.9 Å². The number of para-hydroxylation sites is 1. The number of benzene rings is 2. The molecule has 134 valence electrons. The molecular formula is C21H21ClN2O2. The number of hydrogen-bond acceptors (Lipinski definition) is 3. The van der Waals surface area contributed by atoms with Crippen LogP contribution in [0.2, 0.25) is 5.15 Å². The maximum Gasteiger partial charge on any atom is 0.252 e. The fourth-order valence-corrected chi connectivity index (χ4v) is 3.08. The first-order valence-corrected chi connectivity index (χ1v) is 8.93. The van der Waals surface area contributed by atoms with Gasteiger partial charge in [0.2, 0.25) is 0 Å². The van der Waals surface area contributed by atoms with E-state index in [2.05, 4.69) is 10.3 Å². The molecule has 4 nitrogen and oxygen atoms in total. The molecule has 1 N–H and O–H groups in total. The lowest BCUT2D eigenvalue weighted by atomic mass is 10.0. The number of halogens is 1. The summed E-state index contributed by atoms with van der Waals surface area (Å²) < 4.78 is 5.17. The summed E-state index contributed by atoms with van der Waals surface area (Å²) in [4.78, 5) is 17.0. The van der Waals surface area contributed by atoms with Crippen molar-refractivity contribution in [3.63, 3.8) is 0 Å². The van der Waals surface area contributed by atoms with Gasteiger partial charge in [0.25, 0.3) is 5.91 Å². The van der Waals surface area contributed by atoms with Crippen LogP contribution in [0.5, 0.6) is 5.75 Å². The van der Waals surface area contributed by atoms with Gasteiger partial charge in [-0.05, 0) is 49.6 Å². The van der Waals surface area contributed by atoms with Gasteiger partial charge in [-0.3, -0.25) is 4.79 Å². The van der Waals surface area contributed by atoms with Crippen LogP contribution in [0.4, 0.5) is 0 Å². The number of fused-ring (bicyclic) bond motifs is 1. The Bertz CT molecular complexity index is 910. The third-order valence-corrected chi connectivity index (χ3v) is 4.53. The van der Waals surface area contributed by atoms with Crippen LogP contribution in [0.3, 0.4) is 0 Å². The van der Waals surface area contributed by atoms with Gasteiger partial charge in [0.1, 0.15) is 10.9 Å². The Hall–Kier alpha value is -2.59. The van der Waals surface area contributed by atoms with Crippen LogP contribution in [0.1, 0.15) is 29.3 Å². The lowest BCUT2D eigenvalue weighted by Gasteiger charge is -2.15. The number of aryl methyl sites for hydroxylation is 1. The number of nitrogens with one attached hydrogen (secondary N) is 1. The number of rotatable bonds is 6. The van der Waals surface area contributed by atoms with Crippen molar-refractivity contribution in [2.45, 2.75) is 25.8 Å².